The summed E-state index contributed by atoms with van der Waals surface area (Å²) in [7, 11) is 0. The normalized spacial score (nSPS) is 13.7. The number of benzene rings is 1. The van der Waals surface area contributed by atoms with Gasteiger partial charge in [-0.1, -0.05) is 11.6 Å². The molecule has 3 aromatic rings. The Morgan fingerprint density at radius 1 is 1.19 bits per heavy atom. The number of pyridine rings is 1. The second-order valence-electron chi connectivity index (χ2n) is 6.11. The number of aromatic nitrogens is 3. The number of hydrogen-bond donors (Lipinski definition) is 1. The molecule has 0 radical (unpaired) electrons. The van der Waals surface area contributed by atoms with Crippen molar-refractivity contribution in [2.24, 2.45) is 0 Å². The highest BCUT2D eigenvalue weighted by Gasteiger charge is 2.21. The molecule has 0 amide bonds. The summed E-state index contributed by atoms with van der Waals surface area (Å²) >= 11 is 5.91. The van der Waals surface area contributed by atoms with Gasteiger partial charge >= 0.3 is 0 Å². The third kappa shape index (κ3) is 3.28. The number of phenols is 1. The number of ether oxygens (including phenoxy) is 1. The summed E-state index contributed by atoms with van der Waals surface area (Å²) in [5, 5.41) is 11.0. The van der Waals surface area contributed by atoms with Crippen molar-refractivity contribution < 1.29 is 9.84 Å². The van der Waals surface area contributed by atoms with E-state index in [1.807, 2.05) is 30.0 Å². The SMILES string of the molecule is Cc1ccnc(N2CCOc3c(O)cc(-c4ccc(Cl)cn4)cc3C2)n1. The van der Waals surface area contributed by atoms with Gasteiger partial charge in [0.1, 0.15) is 6.61 Å². The Bertz CT molecular complexity index is 947. The first kappa shape index (κ1) is 16.6. The molecule has 7 heteroatoms. The summed E-state index contributed by atoms with van der Waals surface area (Å²) in [5.74, 6) is 1.25. The van der Waals surface area contributed by atoms with Crippen molar-refractivity contribution in [3.63, 3.8) is 0 Å². The first-order chi connectivity index (χ1) is 12.6. The van der Waals surface area contributed by atoms with Crippen LogP contribution in [-0.4, -0.2) is 33.2 Å². The summed E-state index contributed by atoms with van der Waals surface area (Å²) in [4.78, 5) is 15.2. The zero-order chi connectivity index (χ0) is 18.1. The number of halogens is 1. The van der Waals surface area contributed by atoms with Crippen molar-refractivity contribution in [3.05, 3.63) is 59.0 Å². The Morgan fingerprint density at radius 2 is 2.08 bits per heavy atom. The van der Waals surface area contributed by atoms with Crippen LogP contribution in [0.5, 0.6) is 11.5 Å². The van der Waals surface area contributed by atoms with Gasteiger partial charge in [-0.3, -0.25) is 4.98 Å². The highest BCUT2D eigenvalue weighted by molar-refractivity contribution is 6.30. The summed E-state index contributed by atoms with van der Waals surface area (Å²) in [5.41, 5.74) is 3.30. The highest BCUT2D eigenvalue weighted by atomic mass is 35.5. The molecule has 1 aliphatic heterocycles. The number of nitrogens with zero attached hydrogens (tertiary/aromatic N) is 4. The Kier molecular flexibility index (Phi) is 4.34. The van der Waals surface area contributed by atoms with Gasteiger partial charge < -0.3 is 14.7 Å². The minimum atomic E-state index is 0.0984. The average Bonchev–Trinajstić information content (AvgIpc) is 2.85. The molecule has 2 aromatic heterocycles. The third-order valence-corrected chi connectivity index (χ3v) is 4.43. The van der Waals surface area contributed by atoms with Crippen LogP contribution in [-0.2, 0) is 6.54 Å². The fraction of sp³-hybridized carbons (Fsp3) is 0.211. The Balaban J connectivity index is 1.73. The van der Waals surface area contributed by atoms with Gasteiger partial charge in [-0.05, 0) is 37.3 Å². The van der Waals surface area contributed by atoms with Gasteiger partial charge in [-0.15, -0.1) is 0 Å². The second-order valence-corrected chi connectivity index (χ2v) is 6.55. The maximum absolute atomic E-state index is 10.5. The first-order valence-electron chi connectivity index (χ1n) is 8.25. The number of aryl methyl sites for hydroxylation is 1. The summed E-state index contributed by atoms with van der Waals surface area (Å²) in [6.07, 6.45) is 3.33. The Morgan fingerprint density at radius 3 is 2.85 bits per heavy atom. The zero-order valence-corrected chi connectivity index (χ0v) is 14.9. The van der Waals surface area contributed by atoms with Gasteiger partial charge in [0.05, 0.1) is 17.3 Å². The van der Waals surface area contributed by atoms with Gasteiger partial charge in [-0.25, -0.2) is 9.97 Å². The Hall–Kier alpha value is -2.86. The fourth-order valence-corrected chi connectivity index (χ4v) is 3.06. The molecule has 0 aliphatic carbocycles. The van der Waals surface area contributed by atoms with Crippen LogP contribution >= 0.6 is 11.6 Å². The minimum absolute atomic E-state index is 0.0984. The van der Waals surface area contributed by atoms with E-state index >= 15 is 0 Å². The van der Waals surface area contributed by atoms with Crippen LogP contribution in [0.25, 0.3) is 11.3 Å². The molecule has 3 heterocycles. The van der Waals surface area contributed by atoms with Crippen molar-refractivity contribution in [1.29, 1.82) is 0 Å². The largest absolute Gasteiger partial charge is 0.504 e. The number of anilines is 1. The first-order valence-corrected chi connectivity index (χ1v) is 8.63. The standard InChI is InChI=1S/C19H17ClN4O2/c1-12-4-5-21-19(23-12)24-6-7-26-18-14(11-24)8-13(9-17(18)25)16-3-2-15(20)10-22-16/h2-5,8-10,25H,6-7,11H2,1H3. The van der Waals surface area contributed by atoms with Gasteiger partial charge in [0.15, 0.2) is 11.5 Å². The van der Waals surface area contributed by atoms with Crippen molar-refractivity contribution in [2.45, 2.75) is 13.5 Å². The van der Waals surface area contributed by atoms with E-state index in [2.05, 4.69) is 15.0 Å². The molecule has 0 atom stereocenters. The van der Waals surface area contributed by atoms with E-state index in [-0.39, 0.29) is 5.75 Å². The van der Waals surface area contributed by atoms with Gasteiger partial charge in [0.2, 0.25) is 5.95 Å². The van der Waals surface area contributed by atoms with Crippen molar-refractivity contribution in [2.75, 3.05) is 18.1 Å². The van der Waals surface area contributed by atoms with Crippen LogP contribution < -0.4 is 9.64 Å². The fourth-order valence-electron chi connectivity index (χ4n) is 2.95. The summed E-state index contributed by atoms with van der Waals surface area (Å²) in [6.45, 7) is 3.54. The lowest BCUT2D eigenvalue weighted by Gasteiger charge is -2.20. The van der Waals surface area contributed by atoms with Gasteiger partial charge in [0.25, 0.3) is 0 Å². The minimum Gasteiger partial charge on any atom is -0.504 e. The summed E-state index contributed by atoms with van der Waals surface area (Å²) in [6, 6.07) is 9.09. The molecular formula is C19H17ClN4O2. The molecule has 132 valence electrons. The van der Waals surface area contributed by atoms with Crippen molar-refractivity contribution >= 4 is 17.5 Å². The molecule has 0 fully saturated rings. The lowest BCUT2D eigenvalue weighted by Crippen LogP contribution is -2.27. The maximum Gasteiger partial charge on any atom is 0.225 e. The molecule has 0 unspecified atom stereocenters. The molecule has 1 aromatic carbocycles. The number of hydrogen-bond acceptors (Lipinski definition) is 6. The highest BCUT2D eigenvalue weighted by Crippen LogP contribution is 2.37. The van der Waals surface area contributed by atoms with E-state index in [1.54, 1.807) is 24.5 Å². The lowest BCUT2D eigenvalue weighted by atomic mass is 10.0. The van der Waals surface area contributed by atoms with Crippen LogP contribution in [0, 0.1) is 6.92 Å². The van der Waals surface area contributed by atoms with Crippen LogP contribution in [0.2, 0.25) is 5.02 Å². The lowest BCUT2D eigenvalue weighted by molar-refractivity contribution is 0.311. The molecular weight excluding hydrogens is 352 g/mol. The van der Waals surface area contributed by atoms with E-state index in [0.717, 1.165) is 22.5 Å². The van der Waals surface area contributed by atoms with E-state index in [1.165, 1.54) is 0 Å². The molecule has 26 heavy (non-hydrogen) atoms. The molecule has 0 saturated carbocycles. The molecule has 1 N–H and O–H groups in total. The van der Waals surface area contributed by atoms with Crippen LogP contribution in [0.3, 0.4) is 0 Å². The van der Waals surface area contributed by atoms with E-state index in [4.69, 9.17) is 16.3 Å². The van der Waals surface area contributed by atoms with Crippen molar-refractivity contribution in [3.8, 4) is 22.8 Å². The van der Waals surface area contributed by atoms with E-state index in [9.17, 15) is 5.11 Å². The topological polar surface area (TPSA) is 71.4 Å². The number of aromatic hydroxyl groups is 1. The summed E-state index contributed by atoms with van der Waals surface area (Å²) < 4.78 is 5.78. The average molecular weight is 369 g/mol. The monoisotopic (exact) mass is 368 g/mol. The molecule has 4 rings (SSSR count). The van der Waals surface area contributed by atoms with Gasteiger partial charge in [-0.2, -0.15) is 0 Å². The predicted octanol–water partition coefficient (Wildman–Crippen LogP) is 3.61. The van der Waals surface area contributed by atoms with Crippen molar-refractivity contribution in [1.82, 2.24) is 15.0 Å². The van der Waals surface area contributed by atoms with Gasteiger partial charge in [0, 0.05) is 35.8 Å². The van der Waals surface area contributed by atoms with Crippen LogP contribution in [0.1, 0.15) is 11.3 Å². The molecule has 0 spiro atoms. The smallest absolute Gasteiger partial charge is 0.225 e. The second kappa shape index (κ2) is 6.80. The maximum atomic E-state index is 10.5. The van der Waals surface area contributed by atoms with Crippen LogP contribution in [0.15, 0.2) is 42.7 Å². The molecule has 0 bridgehead atoms. The number of fused-ring (bicyclic) bond motifs is 1. The number of rotatable bonds is 2. The predicted molar refractivity (Wildman–Crippen MR) is 99.7 cm³/mol. The van der Waals surface area contributed by atoms with Crippen LogP contribution in [0.4, 0.5) is 5.95 Å². The third-order valence-electron chi connectivity index (χ3n) is 4.20. The zero-order valence-electron chi connectivity index (χ0n) is 14.2. The Labute approximate surface area is 156 Å². The molecule has 6 nitrogen and oxygen atoms in total. The number of phenolic OH excluding ortho intramolecular Hbond substituents is 1. The van der Waals surface area contributed by atoms with E-state index in [0.29, 0.717) is 36.4 Å². The van der Waals surface area contributed by atoms with E-state index < -0.39 is 0 Å². The quantitative estimate of drug-likeness (QED) is 0.745. The molecule has 0 saturated heterocycles. The molecule has 1 aliphatic rings.